The molecule has 1 aromatic heterocycles. The summed E-state index contributed by atoms with van der Waals surface area (Å²) in [7, 11) is 0. The molecular weight excluding hydrogens is 624 g/mol. The Hall–Kier alpha value is -3.46. The largest absolute Gasteiger partial charge is 0.364 e. The fourth-order valence-corrected chi connectivity index (χ4v) is 6.17. The van der Waals surface area contributed by atoms with E-state index in [1.165, 1.54) is 6.92 Å². The SMILES string of the molecule is CC/C(=C\c1c(C)n(CC)c2ccc(C(=O)c3ccccc3C)cc12)C(=O)/C(CCSc1ccc(Br)cc1)=N/OC(C)O. The predicted octanol–water partition coefficient (Wildman–Crippen LogP) is 8.53. The zero-order valence-electron chi connectivity index (χ0n) is 25.2. The van der Waals surface area contributed by atoms with Crippen molar-refractivity contribution in [1.29, 1.82) is 0 Å². The summed E-state index contributed by atoms with van der Waals surface area (Å²) < 4.78 is 3.20. The lowest BCUT2D eigenvalue weighted by Crippen LogP contribution is -2.19. The lowest BCUT2D eigenvalue weighted by molar-refractivity contribution is -0.111. The number of fused-ring (bicyclic) bond motifs is 1. The lowest BCUT2D eigenvalue weighted by atomic mass is 9.96. The van der Waals surface area contributed by atoms with Gasteiger partial charge in [-0.2, -0.15) is 0 Å². The normalized spacial score (nSPS) is 12.9. The highest BCUT2D eigenvalue weighted by atomic mass is 79.9. The third-order valence-electron chi connectivity index (χ3n) is 7.33. The summed E-state index contributed by atoms with van der Waals surface area (Å²) in [4.78, 5) is 33.6. The highest BCUT2D eigenvalue weighted by Gasteiger charge is 2.21. The second kappa shape index (κ2) is 14.8. The second-order valence-electron chi connectivity index (χ2n) is 10.3. The van der Waals surface area contributed by atoms with Gasteiger partial charge in [-0.25, -0.2) is 0 Å². The number of aromatic nitrogens is 1. The number of aryl methyl sites for hydroxylation is 2. The molecule has 43 heavy (non-hydrogen) atoms. The number of nitrogens with zero attached hydrogens (tertiary/aromatic N) is 2. The minimum Gasteiger partial charge on any atom is -0.364 e. The summed E-state index contributed by atoms with van der Waals surface area (Å²) in [5, 5.41) is 14.7. The van der Waals surface area contributed by atoms with E-state index in [4.69, 9.17) is 4.84 Å². The first-order chi connectivity index (χ1) is 20.6. The van der Waals surface area contributed by atoms with E-state index in [9.17, 15) is 14.7 Å². The van der Waals surface area contributed by atoms with Crippen LogP contribution in [0.3, 0.4) is 0 Å². The monoisotopic (exact) mass is 660 g/mol. The molecule has 6 nitrogen and oxygen atoms in total. The molecule has 4 rings (SSSR count). The molecule has 0 spiro atoms. The van der Waals surface area contributed by atoms with Gasteiger partial charge in [-0.15, -0.1) is 11.8 Å². The van der Waals surface area contributed by atoms with Crippen molar-refractivity contribution < 1.29 is 19.5 Å². The molecule has 8 heteroatoms. The van der Waals surface area contributed by atoms with Crippen LogP contribution in [0.2, 0.25) is 0 Å². The molecule has 1 N–H and O–H groups in total. The van der Waals surface area contributed by atoms with Crippen LogP contribution in [-0.4, -0.2) is 39.0 Å². The van der Waals surface area contributed by atoms with Crippen LogP contribution in [0.4, 0.5) is 0 Å². The van der Waals surface area contributed by atoms with Crippen molar-refractivity contribution in [3.63, 3.8) is 0 Å². The first kappa shape index (κ1) is 32.5. The Balaban J connectivity index is 1.70. The van der Waals surface area contributed by atoms with Crippen molar-refractivity contribution in [2.45, 2.75) is 65.2 Å². The Morgan fingerprint density at radius 1 is 1.07 bits per heavy atom. The van der Waals surface area contributed by atoms with Crippen molar-refractivity contribution in [3.05, 3.63) is 105 Å². The molecule has 224 valence electrons. The van der Waals surface area contributed by atoms with Crippen molar-refractivity contribution >= 4 is 61.9 Å². The molecule has 0 aliphatic heterocycles. The third kappa shape index (κ3) is 7.74. The maximum absolute atomic E-state index is 13.9. The number of aliphatic hydroxyl groups excluding tert-OH is 1. The van der Waals surface area contributed by atoms with Gasteiger partial charge in [0.05, 0.1) is 0 Å². The number of allylic oxidation sites excluding steroid dienone is 1. The van der Waals surface area contributed by atoms with Crippen LogP contribution in [0.15, 0.2) is 86.8 Å². The van der Waals surface area contributed by atoms with Gasteiger partial charge in [-0.05, 0) is 81.3 Å². The summed E-state index contributed by atoms with van der Waals surface area (Å²) in [6.07, 6.45) is 1.64. The Morgan fingerprint density at radius 2 is 1.79 bits per heavy atom. The molecule has 1 unspecified atom stereocenters. The van der Waals surface area contributed by atoms with Gasteiger partial charge < -0.3 is 14.5 Å². The zero-order valence-corrected chi connectivity index (χ0v) is 27.6. The highest BCUT2D eigenvalue weighted by molar-refractivity contribution is 9.10. The Labute approximate surface area is 266 Å². The molecule has 1 atom stereocenters. The van der Waals surface area contributed by atoms with Crippen molar-refractivity contribution in [3.8, 4) is 0 Å². The number of aliphatic hydroxyl groups is 1. The number of Topliss-reactive ketones (excluding diaryl/α,β-unsaturated/α-hetero) is 1. The number of carbonyl (C=O) groups excluding carboxylic acids is 2. The molecule has 0 aliphatic carbocycles. The lowest BCUT2D eigenvalue weighted by Gasteiger charge is -2.10. The van der Waals surface area contributed by atoms with E-state index in [1.807, 2.05) is 93.6 Å². The van der Waals surface area contributed by atoms with Crippen molar-refractivity contribution in [2.24, 2.45) is 5.16 Å². The summed E-state index contributed by atoms with van der Waals surface area (Å²) >= 11 is 5.07. The molecule has 0 aliphatic rings. The molecule has 0 saturated heterocycles. The predicted molar refractivity (Wildman–Crippen MR) is 180 cm³/mol. The first-order valence-electron chi connectivity index (χ1n) is 14.4. The van der Waals surface area contributed by atoms with E-state index in [1.54, 1.807) is 11.8 Å². The number of thioether (sulfide) groups is 1. The first-order valence-corrected chi connectivity index (χ1v) is 16.2. The van der Waals surface area contributed by atoms with Crippen LogP contribution in [0.1, 0.15) is 66.4 Å². The molecule has 1 heterocycles. The topological polar surface area (TPSA) is 80.9 Å². The van der Waals surface area contributed by atoms with E-state index in [0.29, 0.717) is 35.3 Å². The van der Waals surface area contributed by atoms with Crippen LogP contribution >= 0.6 is 27.7 Å². The molecule has 0 saturated carbocycles. The zero-order chi connectivity index (χ0) is 31.1. The van der Waals surface area contributed by atoms with E-state index in [2.05, 4.69) is 32.6 Å². The van der Waals surface area contributed by atoms with Gasteiger partial charge in [-0.3, -0.25) is 9.59 Å². The van der Waals surface area contributed by atoms with Gasteiger partial charge in [0, 0.05) is 73.9 Å². The number of carbonyl (C=O) groups is 2. The summed E-state index contributed by atoms with van der Waals surface area (Å²) in [5.41, 5.74) is 5.97. The Morgan fingerprint density at radius 3 is 2.44 bits per heavy atom. The molecular formula is C35H37BrN2O4S. The highest BCUT2D eigenvalue weighted by Crippen LogP contribution is 2.31. The van der Waals surface area contributed by atoms with Crippen LogP contribution in [0, 0.1) is 13.8 Å². The third-order valence-corrected chi connectivity index (χ3v) is 8.87. The van der Waals surface area contributed by atoms with Crippen molar-refractivity contribution in [2.75, 3.05) is 5.75 Å². The second-order valence-corrected chi connectivity index (χ2v) is 12.4. The number of ketones is 2. The average Bonchev–Trinajstić information content (AvgIpc) is 3.27. The fraction of sp³-hybridized carbons (Fsp3) is 0.286. The quantitative estimate of drug-likeness (QED) is 0.0388. The van der Waals surface area contributed by atoms with Crippen LogP contribution in [-0.2, 0) is 16.2 Å². The van der Waals surface area contributed by atoms with Crippen LogP contribution in [0.25, 0.3) is 17.0 Å². The summed E-state index contributed by atoms with van der Waals surface area (Å²) in [5.74, 6) is 0.366. The van der Waals surface area contributed by atoms with Gasteiger partial charge in [0.25, 0.3) is 0 Å². The molecule has 0 fully saturated rings. The Kier molecular flexibility index (Phi) is 11.2. The van der Waals surface area contributed by atoms with Gasteiger partial charge in [0.1, 0.15) is 5.71 Å². The summed E-state index contributed by atoms with van der Waals surface area (Å²) in [6.45, 7) is 10.2. The maximum Gasteiger partial charge on any atom is 0.221 e. The number of rotatable bonds is 13. The van der Waals surface area contributed by atoms with E-state index in [-0.39, 0.29) is 17.3 Å². The fourth-order valence-electron chi connectivity index (χ4n) is 5.05. The van der Waals surface area contributed by atoms with Crippen LogP contribution in [0.5, 0.6) is 0 Å². The molecule has 3 aromatic carbocycles. The van der Waals surface area contributed by atoms with Crippen molar-refractivity contribution in [1.82, 2.24) is 4.57 Å². The molecule has 0 amide bonds. The van der Waals surface area contributed by atoms with Crippen LogP contribution < -0.4 is 0 Å². The smallest absolute Gasteiger partial charge is 0.221 e. The van der Waals surface area contributed by atoms with E-state index in [0.717, 1.165) is 43.6 Å². The van der Waals surface area contributed by atoms with E-state index < -0.39 is 6.29 Å². The molecule has 0 bridgehead atoms. The minimum atomic E-state index is -1.13. The Bertz CT molecular complexity index is 1690. The van der Waals surface area contributed by atoms with E-state index >= 15 is 0 Å². The van der Waals surface area contributed by atoms with Gasteiger partial charge in [-0.1, -0.05) is 52.3 Å². The number of hydrogen-bond acceptors (Lipinski definition) is 6. The number of hydrogen-bond donors (Lipinski definition) is 1. The standard InChI is InChI=1S/C35H37BrN2O4S/c1-6-25(35(41)32(37-42-24(5)39)18-19-43-28-15-13-27(36)14-16-28)20-30-23(4)38(7-2)33-17-12-26(21-31(30)33)34(40)29-11-9-8-10-22(29)3/h8-17,20-21,24,39H,6-7,18-19H2,1-5H3/b25-20+,37-32+. The van der Waals surface area contributed by atoms with Gasteiger partial charge >= 0.3 is 0 Å². The van der Waals surface area contributed by atoms with Gasteiger partial charge in [0.2, 0.25) is 12.1 Å². The summed E-state index contributed by atoms with van der Waals surface area (Å²) in [6, 6.07) is 21.4. The molecule has 0 radical (unpaired) electrons. The number of oxime groups is 1. The minimum absolute atomic E-state index is 0.0309. The number of benzene rings is 3. The average molecular weight is 662 g/mol. The molecule has 4 aromatic rings. The number of halogens is 1. The maximum atomic E-state index is 13.9. The van der Waals surface area contributed by atoms with Gasteiger partial charge in [0.15, 0.2) is 5.78 Å².